The number of carbonyl (C=O) groups is 1. The van der Waals surface area contributed by atoms with Crippen LogP contribution in [0.5, 0.6) is 0 Å². The predicted molar refractivity (Wildman–Crippen MR) is 81.6 cm³/mol. The molecule has 1 heterocycles. The van der Waals surface area contributed by atoms with Gasteiger partial charge in [0.1, 0.15) is 0 Å². The van der Waals surface area contributed by atoms with Gasteiger partial charge < -0.3 is 10.2 Å². The van der Waals surface area contributed by atoms with Gasteiger partial charge in [-0.2, -0.15) is 0 Å². The normalized spacial score (nSPS) is 25.4. The Bertz CT molecular complexity index is 295. The van der Waals surface area contributed by atoms with Gasteiger partial charge in [0.2, 0.25) is 5.91 Å². The van der Waals surface area contributed by atoms with Crippen LogP contribution in [0.2, 0.25) is 0 Å². The van der Waals surface area contributed by atoms with E-state index in [1.54, 1.807) is 0 Å². The van der Waals surface area contributed by atoms with Crippen LogP contribution in [0.15, 0.2) is 0 Å². The lowest BCUT2D eigenvalue weighted by molar-refractivity contribution is -0.143. The average Bonchev–Trinajstić information content (AvgIpc) is 2.97. The van der Waals surface area contributed by atoms with Crippen molar-refractivity contribution < 1.29 is 4.79 Å². The van der Waals surface area contributed by atoms with Crippen LogP contribution in [0, 0.1) is 11.3 Å². The highest BCUT2D eigenvalue weighted by Gasteiger charge is 2.44. The maximum absolute atomic E-state index is 12.9. The first-order valence-electron chi connectivity index (χ1n) is 7.53. The topological polar surface area (TPSA) is 32.3 Å². The van der Waals surface area contributed by atoms with Gasteiger partial charge in [0, 0.05) is 25.0 Å². The van der Waals surface area contributed by atoms with Crippen molar-refractivity contribution in [2.45, 2.75) is 58.4 Å². The maximum Gasteiger partial charge on any atom is 0.228 e. The molecule has 1 atom stereocenters. The fraction of sp³-hybridized carbons (Fsp3) is 0.933. The van der Waals surface area contributed by atoms with Gasteiger partial charge in [0.25, 0.3) is 0 Å². The Balaban J connectivity index is 0.00000180. The summed E-state index contributed by atoms with van der Waals surface area (Å²) in [5.74, 6) is 1.03. The standard InChI is InChI=1S/C15H28N2O.ClH/c1-12(2)10-15(7-4-5-8-15)14(18)17(3)13-6-9-16-11-13;/h12-13,16H,4-11H2,1-3H3;1H. The van der Waals surface area contributed by atoms with Crippen LogP contribution < -0.4 is 5.32 Å². The minimum absolute atomic E-state index is 0. The minimum Gasteiger partial charge on any atom is -0.341 e. The van der Waals surface area contributed by atoms with E-state index in [2.05, 4.69) is 19.2 Å². The Morgan fingerprint density at radius 3 is 2.47 bits per heavy atom. The van der Waals surface area contributed by atoms with Gasteiger partial charge in [-0.05, 0) is 38.1 Å². The lowest BCUT2D eigenvalue weighted by atomic mass is 9.77. The summed E-state index contributed by atoms with van der Waals surface area (Å²) >= 11 is 0. The van der Waals surface area contributed by atoms with E-state index in [0.717, 1.165) is 38.8 Å². The monoisotopic (exact) mass is 288 g/mol. The molecule has 1 saturated carbocycles. The molecular weight excluding hydrogens is 260 g/mol. The van der Waals surface area contributed by atoms with Crippen molar-refractivity contribution in [3.8, 4) is 0 Å². The van der Waals surface area contributed by atoms with Gasteiger partial charge in [0.05, 0.1) is 0 Å². The van der Waals surface area contributed by atoms with E-state index in [0.29, 0.717) is 17.9 Å². The number of rotatable bonds is 4. The maximum atomic E-state index is 12.9. The van der Waals surface area contributed by atoms with Gasteiger partial charge >= 0.3 is 0 Å². The van der Waals surface area contributed by atoms with Crippen molar-refractivity contribution >= 4 is 18.3 Å². The van der Waals surface area contributed by atoms with E-state index in [4.69, 9.17) is 0 Å². The van der Waals surface area contributed by atoms with Crippen molar-refractivity contribution in [1.29, 1.82) is 0 Å². The van der Waals surface area contributed by atoms with E-state index in [-0.39, 0.29) is 17.8 Å². The average molecular weight is 289 g/mol. The minimum atomic E-state index is -0.0362. The van der Waals surface area contributed by atoms with Crippen LogP contribution in [0.1, 0.15) is 52.4 Å². The molecule has 0 spiro atoms. The molecule has 1 aliphatic carbocycles. The Kier molecular flexibility index (Phi) is 6.13. The smallest absolute Gasteiger partial charge is 0.228 e. The first-order chi connectivity index (χ1) is 8.55. The number of halogens is 1. The molecule has 2 aliphatic rings. The van der Waals surface area contributed by atoms with Crippen molar-refractivity contribution in [3.63, 3.8) is 0 Å². The molecule has 1 saturated heterocycles. The number of nitrogens with one attached hydrogen (secondary N) is 1. The Labute approximate surface area is 123 Å². The summed E-state index contributed by atoms with van der Waals surface area (Å²) in [6.45, 7) is 6.51. The molecule has 0 radical (unpaired) electrons. The fourth-order valence-corrected chi connectivity index (χ4v) is 3.85. The summed E-state index contributed by atoms with van der Waals surface area (Å²) in [7, 11) is 2.01. The highest BCUT2D eigenvalue weighted by molar-refractivity contribution is 5.85. The van der Waals surface area contributed by atoms with E-state index in [9.17, 15) is 4.79 Å². The van der Waals surface area contributed by atoms with Crippen LogP contribution in [-0.4, -0.2) is 37.0 Å². The number of nitrogens with zero attached hydrogens (tertiary/aromatic N) is 1. The number of hydrogen-bond donors (Lipinski definition) is 1. The summed E-state index contributed by atoms with van der Waals surface area (Å²) in [5, 5.41) is 3.36. The first-order valence-corrected chi connectivity index (χ1v) is 7.53. The molecular formula is C15H29ClN2O. The fourth-order valence-electron chi connectivity index (χ4n) is 3.85. The molecule has 0 bridgehead atoms. The summed E-state index contributed by atoms with van der Waals surface area (Å²) in [5.41, 5.74) is -0.0362. The van der Waals surface area contributed by atoms with Gasteiger partial charge in [-0.3, -0.25) is 4.79 Å². The molecule has 0 aromatic heterocycles. The lowest BCUT2D eigenvalue weighted by Gasteiger charge is -2.36. The quantitative estimate of drug-likeness (QED) is 0.863. The van der Waals surface area contributed by atoms with Crippen LogP contribution >= 0.6 is 12.4 Å². The molecule has 1 amide bonds. The molecule has 1 N–H and O–H groups in total. The zero-order valence-electron chi connectivity index (χ0n) is 12.6. The van der Waals surface area contributed by atoms with E-state index in [1.165, 1.54) is 12.8 Å². The molecule has 2 fully saturated rings. The van der Waals surface area contributed by atoms with Crippen molar-refractivity contribution in [1.82, 2.24) is 10.2 Å². The number of amides is 1. The SMILES string of the molecule is CC(C)CC1(C(=O)N(C)C2CCNC2)CCCC1.Cl. The third kappa shape index (κ3) is 3.63. The predicted octanol–water partition coefficient (Wildman–Crippen LogP) is 2.84. The molecule has 2 rings (SSSR count). The Morgan fingerprint density at radius 1 is 1.37 bits per heavy atom. The number of likely N-dealkylation sites (N-methyl/N-ethyl adjacent to an activating group) is 1. The van der Waals surface area contributed by atoms with Crippen LogP contribution in [0.3, 0.4) is 0 Å². The summed E-state index contributed by atoms with van der Waals surface area (Å²) in [6.07, 6.45) is 6.85. The van der Waals surface area contributed by atoms with Crippen LogP contribution in [-0.2, 0) is 4.79 Å². The summed E-state index contributed by atoms with van der Waals surface area (Å²) < 4.78 is 0. The Morgan fingerprint density at radius 2 is 2.00 bits per heavy atom. The highest BCUT2D eigenvalue weighted by Crippen LogP contribution is 2.44. The first kappa shape index (κ1) is 16.8. The molecule has 19 heavy (non-hydrogen) atoms. The van der Waals surface area contributed by atoms with Crippen molar-refractivity contribution in [2.75, 3.05) is 20.1 Å². The summed E-state index contributed by atoms with van der Waals surface area (Å²) in [4.78, 5) is 14.9. The van der Waals surface area contributed by atoms with Crippen molar-refractivity contribution in [2.24, 2.45) is 11.3 Å². The molecule has 1 aliphatic heterocycles. The molecule has 4 heteroatoms. The zero-order valence-corrected chi connectivity index (χ0v) is 13.4. The lowest BCUT2D eigenvalue weighted by Crippen LogP contribution is -2.47. The van der Waals surface area contributed by atoms with Crippen LogP contribution in [0.4, 0.5) is 0 Å². The van der Waals surface area contributed by atoms with Gasteiger partial charge in [-0.1, -0.05) is 26.7 Å². The van der Waals surface area contributed by atoms with Crippen LogP contribution in [0.25, 0.3) is 0 Å². The van der Waals surface area contributed by atoms with E-state index >= 15 is 0 Å². The second kappa shape index (κ2) is 6.94. The second-order valence-corrected chi connectivity index (χ2v) is 6.65. The summed E-state index contributed by atoms with van der Waals surface area (Å²) in [6, 6.07) is 0.419. The van der Waals surface area contributed by atoms with Crippen molar-refractivity contribution in [3.05, 3.63) is 0 Å². The van der Waals surface area contributed by atoms with Gasteiger partial charge in [-0.15, -0.1) is 12.4 Å². The Hall–Kier alpha value is -0.280. The van der Waals surface area contributed by atoms with Gasteiger partial charge in [-0.25, -0.2) is 0 Å². The third-order valence-corrected chi connectivity index (χ3v) is 4.72. The number of hydrogen-bond acceptors (Lipinski definition) is 2. The molecule has 112 valence electrons. The highest BCUT2D eigenvalue weighted by atomic mass is 35.5. The second-order valence-electron chi connectivity index (χ2n) is 6.65. The molecule has 0 aromatic carbocycles. The largest absolute Gasteiger partial charge is 0.341 e. The van der Waals surface area contributed by atoms with E-state index < -0.39 is 0 Å². The zero-order chi connectivity index (χ0) is 13.2. The number of carbonyl (C=O) groups excluding carboxylic acids is 1. The molecule has 3 nitrogen and oxygen atoms in total. The molecule has 0 aromatic rings. The molecule has 1 unspecified atom stereocenters. The third-order valence-electron chi connectivity index (χ3n) is 4.72. The van der Waals surface area contributed by atoms with E-state index in [1.807, 2.05) is 11.9 Å². The van der Waals surface area contributed by atoms with Gasteiger partial charge in [0.15, 0.2) is 0 Å².